The molecule has 6 nitrogen and oxygen atoms in total. The molecule has 3 N–H and O–H groups in total. The topological polar surface area (TPSA) is 71.1 Å². The second-order valence-electron chi connectivity index (χ2n) is 9.15. The van der Waals surface area contributed by atoms with Crippen molar-refractivity contribution in [2.75, 3.05) is 30.9 Å². The Morgan fingerprint density at radius 3 is 2.56 bits per heavy atom. The Morgan fingerprint density at radius 2 is 1.84 bits per heavy atom. The summed E-state index contributed by atoms with van der Waals surface area (Å²) in [6.45, 7) is 3.74. The Hall–Kier alpha value is -1.96. The maximum absolute atomic E-state index is 14.6. The molecule has 4 rings (SSSR count). The molecule has 0 bridgehead atoms. The Labute approximate surface area is 194 Å². The van der Waals surface area contributed by atoms with Crippen LogP contribution >= 0.6 is 11.6 Å². The van der Waals surface area contributed by atoms with Crippen LogP contribution in [-0.2, 0) is 4.74 Å². The Bertz CT molecular complexity index is 902. The van der Waals surface area contributed by atoms with Gasteiger partial charge >= 0.3 is 0 Å². The number of rotatable bonds is 10. The number of hydrogen-bond donors (Lipinski definition) is 3. The summed E-state index contributed by atoms with van der Waals surface area (Å²) in [6, 6.07) is 4.84. The fourth-order valence-corrected chi connectivity index (χ4v) is 4.52. The van der Waals surface area contributed by atoms with Crippen LogP contribution in [-0.4, -0.2) is 48.4 Å². The minimum atomic E-state index is -0.368. The third kappa shape index (κ3) is 6.30. The molecule has 32 heavy (non-hydrogen) atoms. The van der Waals surface area contributed by atoms with E-state index < -0.39 is 0 Å². The van der Waals surface area contributed by atoms with Crippen LogP contribution in [0.1, 0.15) is 45.4 Å². The highest BCUT2D eigenvalue weighted by molar-refractivity contribution is 6.32. The first-order valence-electron chi connectivity index (χ1n) is 11.6. The van der Waals surface area contributed by atoms with E-state index in [1.54, 1.807) is 19.4 Å². The Morgan fingerprint density at radius 1 is 1.09 bits per heavy atom. The summed E-state index contributed by atoms with van der Waals surface area (Å²) < 4.78 is 19.8. The number of nitrogens with zero attached hydrogens (tertiary/aromatic N) is 2. The van der Waals surface area contributed by atoms with Crippen molar-refractivity contribution in [3.05, 3.63) is 35.5 Å². The van der Waals surface area contributed by atoms with Gasteiger partial charge in [0.2, 0.25) is 0 Å². The molecule has 0 amide bonds. The maximum Gasteiger partial charge on any atom is 0.152 e. The molecule has 0 aromatic carbocycles. The fraction of sp³-hybridized carbons (Fsp3) is 0.583. The van der Waals surface area contributed by atoms with Gasteiger partial charge in [0.15, 0.2) is 5.15 Å². The molecular weight excluding hydrogens is 429 g/mol. The summed E-state index contributed by atoms with van der Waals surface area (Å²) >= 11 is 6.24. The van der Waals surface area contributed by atoms with Gasteiger partial charge in [0.1, 0.15) is 11.6 Å². The van der Waals surface area contributed by atoms with Crippen LogP contribution in [0, 0.1) is 11.7 Å². The molecule has 2 aromatic heterocycles. The lowest BCUT2D eigenvalue weighted by Gasteiger charge is -2.31. The summed E-state index contributed by atoms with van der Waals surface area (Å²) in [7, 11) is 1.73. The predicted octanol–water partition coefficient (Wildman–Crippen LogP) is 5.11. The summed E-state index contributed by atoms with van der Waals surface area (Å²) in [5.41, 5.74) is 1.91. The summed E-state index contributed by atoms with van der Waals surface area (Å²) in [6.07, 6.45) is 9.67. The van der Waals surface area contributed by atoms with Gasteiger partial charge in [-0.1, -0.05) is 11.6 Å². The zero-order valence-electron chi connectivity index (χ0n) is 18.8. The van der Waals surface area contributed by atoms with Gasteiger partial charge in [0.05, 0.1) is 18.5 Å². The zero-order chi connectivity index (χ0) is 22.5. The molecule has 2 heterocycles. The van der Waals surface area contributed by atoms with Crippen LogP contribution in [0.5, 0.6) is 0 Å². The smallest absolute Gasteiger partial charge is 0.152 e. The van der Waals surface area contributed by atoms with Crippen molar-refractivity contribution in [2.45, 2.75) is 63.6 Å². The van der Waals surface area contributed by atoms with Crippen molar-refractivity contribution in [1.29, 1.82) is 0 Å². The molecule has 2 fully saturated rings. The average Bonchev–Trinajstić information content (AvgIpc) is 3.61. The molecule has 174 valence electrons. The third-order valence-electron chi connectivity index (χ3n) is 6.30. The lowest BCUT2D eigenvalue weighted by atomic mass is 9.90. The lowest BCUT2D eigenvalue weighted by Crippen LogP contribution is -2.42. The van der Waals surface area contributed by atoms with E-state index in [-0.39, 0.29) is 5.82 Å². The monoisotopic (exact) mass is 461 g/mol. The Kier molecular flexibility index (Phi) is 7.81. The second kappa shape index (κ2) is 10.8. The van der Waals surface area contributed by atoms with E-state index in [9.17, 15) is 4.39 Å². The maximum atomic E-state index is 14.6. The van der Waals surface area contributed by atoms with E-state index in [1.165, 1.54) is 19.0 Å². The summed E-state index contributed by atoms with van der Waals surface area (Å²) in [5.74, 6) is 1.03. The molecule has 0 aliphatic heterocycles. The molecule has 8 heteroatoms. The van der Waals surface area contributed by atoms with E-state index in [0.717, 1.165) is 44.5 Å². The largest absolute Gasteiger partial charge is 0.383 e. The van der Waals surface area contributed by atoms with Crippen molar-refractivity contribution in [3.63, 3.8) is 0 Å². The number of halogens is 2. The molecule has 0 spiro atoms. The van der Waals surface area contributed by atoms with Crippen LogP contribution in [0.25, 0.3) is 11.1 Å². The highest BCUT2D eigenvalue weighted by Gasteiger charge is 2.23. The lowest BCUT2D eigenvalue weighted by molar-refractivity contribution is 0.161. The first kappa shape index (κ1) is 23.2. The van der Waals surface area contributed by atoms with Gasteiger partial charge in [0.25, 0.3) is 0 Å². The second-order valence-corrected chi connectivity index (χ2v) is 9.51. The molecule has 2 aromatic rings. The minimum Gasteiger partial charge on any atom is -0.383 e. The Balaban J connectivity index is 1.38. The van der Waals surface area contributed by atoms with E-state index in [2.05, 4.69) is 32.8 Å². The van der Waals surface area contributed by atoms with Gasteiger partial charge in [0, 0.05) is 49.1 Å². The quantitative estimate of drug-likeness (QED) is 0.427. The van der Waals surface area contributed by atoms with E-state index in [4.69, 9.17) is 16.3 Å². The van der Waals surface area contributed by atoms with Crippen LogP contribution in [0.3, 0.4) is 0 Å². The SMILES string of the molecule is COC[C@@H](C)NC1CCC(Nc2cc(-c3cnc(Cl)c(NCC4CC4)c3)c(F)cn2)CC1. The molecule has 1 atom stereocenters. The van der Waals surface area contributed by atoms with Gasteiger partial charge in [-0.05, 0) is 63.5 Å². The molecular formula is C24H33ClFN5O. The number of pyridine rings is 2. The van der Waals surface area contributed by atoms with Gasteiger partial charge in [-0.3, -0.25) is 0 Å². The number of methoxy groups -OCH3 is 1. The van der Waals surface area contributed by atoms with E-state index in [1.807, 2.05) is 6.07 Å². The standard InChI is InChI=1S/C24H33ClFN5O/c1-15(14-32-2)30-18-5-7-19(8-6-18)31-23-10-20(21(26)13-28-23)17-9-22(24(25)29-12-17)27-11-16-3-4-16/h9-10,12-13,15-16,18-19,27,30H,3-8,11,14H2,1-2H3,(H,28,31)/t15-,18?,19?/m1/s1. The van der Waals surface area contributed by atoms with Crippen LogP contribution < -0.4 is 16.0 Å². The minimum absolute atomic E-state index is 0.329. The highest BCUT2D eigenvalue weighted by Crippen LogP contribution is 2.33. The number of nitrogens with one attached hydrogen (secondary N) is 3. The highest BCUT2D eigenvalue weighted by atomic mass is 35.5. The van der Waals surface area contributed by atoms with Gasteiger partial charge < -0.3 is 20.7 Å². The van der Waals surface area contributed by atoms with Crippen molar-refractivity contribution in [1.82, 2.24) is 15.3 Å². The molecule has 2 aliphatic rings. The van der Waals surface area contributed by atoms with E-state index in [0.29, 0.717) is 46.1 Å². The number of hydrogen-bond acceptors (Lipinski definition) is 6. The first-order chi connectivity index (χ1) is 15.5. The van der Waals surface area contributed by atoms with Crippen molar-refractivity contribution >= 4 is 23.1 Å². The molecule has 2 saturated carbocycles. The summed E-state index contributed by atoms with van der Waals surface area (Å²) in [4.78, 5) is 8.54. The first-order valence-corrected chi connectivity index (χ1v) is 12.0. The number of anilines is 2. The van der Waals surface area contributed by atoms with E-state index >= 15 is 0 Å². The zero-order valence-corrected chi connectivity index (χ0v) is 19.6. The van der Waals surface area contributed by atoms with Crippen LogP contribution in [0.15, 0.2) is 24.5 Å². The van der Waals surface area contributed by atoms with Crippen molar-refractivity contribution < 1.29 is 9.13 Å². The van der Waals surface area contributed by atoms with Gasteiger partial charge in [-0.15, -0.1) is 0 Å². The normalized spacial score (nSPS) is 21.9. The predicted molar refractivity (Wildman–Crippen MR) is 128 cm³/mol. The molecule has 0 radical (unpaired) electrons. The number of ether oxygens (including phenoxy) is 1. The van der Waals surface area contributed by atoms with Crippen molar-refractivity contribution in [2.24, 2.45) is 5.92 Å². The van der Waals surface area contributed by atoms with Gasteiger partial charge in [-0.25, -0.2) is 14.4 Å². The average molecular weight is 462 g/mol. The van der Waals surface area contributed by atoms with Crippen molar-refractivity contribution in [3.8, 4) is 11.1 Å². The third-order valence-corrected chi connectivity index (χ3v) is 6.60. The van der Waals surface area contributed by atoms with Crippen LogP contribution in [0.4, 0.5) is 15.9 Å². The van der Waals surface area contributed by atoms with Crippen LogP contribution in [0.2, 0.25) is 5.15 Å². The summed E-state index contributed by atoms with van der Waals surface area (Å²) in [5, 5.41) is 10.9. The fourth-order valence-electron chi connectivity index (χ4n) is 4.35. The number of aromatic nitrogens is 2. The molecule has 2 aliphatic carbocycles. The van der Waals surface area contributed by atoms with Gasteiger partial charge in [-0.2, -0.15) is 0 Å². The molecule has 0 unspecified atom stereocenters. The molecule has 0 saturated heterocycles.